The third-order valence-electron chi connectivity index (χ3n) is 4.68. The molecule has 0 radical (unpaired) electrons. The molecule has 7 heteroatoms. The molecule has 0 spiro atoms. The fourth-order valence-corrected chi connectivity index (χ4v) is 4.96. The number of anilines is 1. The molecule has 2 heterocycles. The van der Waals surface area contributed by atoms with Gasteiger partial charge in [0.25, 0.3) is 10.0 Å². The Hall–Kier alpha value is -2.67. The van der Waals surface area contributed by atoms with Crippen molar-refractivity contribution in [2.75, 3.05) is 10.8 Å². The summed E-state index contributed by atoms with van der Waals surface area (Å²) in [5, 5.41) is 0.493. The summed E-state index contributed by atoms with van der Waals surface area (Å²) in [7, 11) is -3.94. The van der Waals surface area contributed by atoms with E-state index in [1.807, 2.05) is 6.92 Å². The highest BCUT2D eigenvalue weighted by atomic mass is 32.2. The van der Waals surface area contributed by atoms with Crippen LogP contribution in [0.3, 0.4) is 0 Å². The predicted molar refractivity (Wildman–Crippen MR) is 96.5 cm³/mol. The van der Waals surface area contributed by atoms with E-state index in [-0.39, 0.29) is 17.1 Å². The third kappa shape index (κ3) is 2.59. The summed E-state index contributed by atoms with van der Waals surface area (Å²) < 4.78 is 47.1. The van der Waals surface area contributed by atoms with Crippen molar-refractivity contribution in [3.8, 4) is 0 Å². The molecule has 2 aromatic carbocycles. The van der Waals surface area contributed by atoms with Crippen LogP contribution in [0.4, 0.5) is 10.1 Å². The van der Waals surface area contributed by atoms with Gasteiger partial charge >= 0.3 is 5.63 Å². The highest BCUT2D eigenvalue weighted by Crippen LogP contribution is 2.36. The lowest BCUT2D eigenvalue weighted by Gasteiger charge is -2.31. The molecule has 4 rings (SSSR count). The third-order valence-corrected chi connectivity index (χ3v) is 6.48. The monoisotopic (exact) mass is 373 g/mol. The number of aryl methyl sites for hydroxylation is 1. The number of hydrogen-bond acceptors (Lipinski definition) is 4. The SMILES string of the molecule is Cc1ccc(F)c2c1CCCN2S(=O)(=O)c1ccc2oc(=O)ccc2c1. The average Bonchev–Trinajstić information content (AvgIpc) is 2.64. The van der Waals surface area contributed by atoms with Crippen molar-refractivity contribution in [2.24, 2.45) is 0 Å². The molecule has 0 saturated heterocycles. The second-order valence-electron chi connectivity index (χ2n) is 6.33. The van der Waals surface area contributed by atoms with E-state index >= 15 is 0 Å². The minimum Gasteiger partial charge on any atom is -0.423 e. The smallest absolute Gasteiger partial charge is 0.336 e. The predicted octanol–water partition coefficient (Wildman–Crippen LogP) is 3.38. The lowest BCUT2D eigenvalue weighted by atomic mass is 9.98. The van der Waals surface area contributed by atoms with Crippen LogP contribution in [0, 0.1) is 12.7 Å². The maximum absolute atomic E-state index is 14.5. The molecule has 0 bridgehead atoms. The van der Waals surface area contributed by atoms with Gasteiger partial charge in [0.15, 0.2) is 0 Å². The molecule has 134 valence electrons. The molecule has 1 aromatic heterocycles. The highest BCUT2D eigenvalue weighted by Gasteiger charge is 2.32. The van der Waals surface area contributed by atoms with Crippen molar-refractivity contribution in [1.29, 1.82) is 0 Å². The van der Waals surface area contributed by atoms with Gasteiger partial charge < -0.3 is 4.42 Å². The number of halogens is 1. The lowest BCUT2D eigenvalue weighted by molar-refractivity contribution is 0.560. The minimum absolute atomic E-state index is 0.0348. The van der Waals surface area contributed by atoms with Crippen molar-refractivity contribution in [1.82, 2.24) is 0 Å². The summed E-state index contributed by atoms with van der Waals surface area (Å²) in [5.74, 6) is -0.541. The first-order chi connectivity index (χ1) is 12.4. The number of hydrogen-bond donors (Lipinski definition) is 0. The van der Waals surface area contributed by atoms with Crippen LogP contribution in [0.15, 0.2) is 56.6 Å². The van der Waals surface area contributed by atoms with Crippen LogP contribution >= 0.6 is 0 Å². The number of sulfonamides is 1. The largest absolute Gasteiger partial charge is 0.423 e. The number of rotatable bonds is 2. The fraction of sp³-hybridized carbons (Fsp3) is 0.211. The summed E-state index contributed by atoms with van der Waals surface area (Å²) in [4.78, 5) is 11.3. The highest BCUT2D eigenvalue weighted by molar-refractivity contribution is 7.92. The quantitative estimate of drug-likeness (QED) is 0.646. The zero-order valence-corrected chi connectivity index (χ0v) is 14.8. The van der Waals surface area contributed by atoms with E-state index < -0.39 is 21.5 Å². The van der Waals surface area contributed by atoms with Gasteiger partial charge in [-0.2, -0.15) is 0 Å². The Balaban J connectivity index is 1.88. The second-order valence-corrected chi connectivity index (χ2v) is 8.19. The average molecular weight is 373 g/mol. The van der Waals surface area contributed by atoms with Gasteiger partial charge in [-0.1, -0.05) is 6.07 Å². The first kappa shape index (κ1) is 16.8. The van der Waals surface area contributed by atoms with Crippen molar-refractivity contribution >= 4 is 26.7 Å². The van der Waals surface area contributed by atoms with Crippen LogP contribution in [-0.2, 0) is 16.4 Å². The van der Waals surface area contributed by atoms with Gasteiger partial charge in [0, 0.05) is 18.0 Å². The molecule has 0 atom stereocenters. The normalized spacial score (nSPS) is 14.5. The van der Waals surface area contributed by atoms with Crippen LogP contribution in [-0.4, -0.2) is 15.0 Å². The van der Waals surface area contributed by atoms with Gasteiger partial charge in [0.2, 0.25) is 0 Å². The molecule has 0 fully saturated rings. The van der Waals surface area contributed by atoms with Crippen LogP contribution in [0.1, 0.15) is 17.5 Å². The van der Waals surface area contributed by atoms with Gasteiger partial charge in [-0.05, 0) is 61.2 Å². The molecule has 0 saturated carbocycles. The summed E-state index contributed by atoms with van der Waals surface area (Å²) in [6.45, 7) is 2.07. The van der Waals surface area contributed by atoms with Gasteiger partial charge in [0.05, 0.1) is 10.6 Å². The molecule has 1 aliphatic rings. The van der Waals surface area contributed by atoms with Crippen LogP contribution < -0.4 is 9.93 Å². The Kier molecular flexibility index (Phi) is 3.84. The Labute approximate surface area is 149 Å². The Morgan fingerprint density at radius 3 is 2.73 bits per heavy atom. The van der Waals surface area contributed by atoms with Crippen molar-refractivity contribution in [3.05, 3.63) is 69.8 Å². The Bertz CT molecular complexity index is 1180. The van der Waals surface area contributed by atoms with E-state index in [0.29, 0.717) is 23.8 Å². The molecule has 3 aromatic rings. The summed E-state index contributed by atoms with van der Waals surface area (Å²) >= 11 is 0. The maximum atomic E-state index is 14.5. The summed E-state index contributed by atoms with van der Waals surface area (Å²) in [6, 6.07) is 9.98. The molecular formula is C19H16FNO4S. The fourth-order valence-electron chi connectivity index (χ4n) is 3.38. The van der Waals surface area contributed by atoms with E-state index in [9.17, 15) is 17.6 Å². The number of fused-ring (bicyclic) bond motifs is 2. The Morgan fingerprint density at radius 1 is 1.12 bits per heavy atom. The zero-order valence-electron chi connectivity index (χ0n) is 14.0. The van der Waals surface area contributed by atoms with Crippen LogP contribution in [0.2, 0.25) is 0 Å². The van der Waals surface area contributed by atoms with E-state index in [4.69, 9.17) is 4.42 Å². The first-order valence-electron chi connectivity index (χ1n) is 8.22. The minimum atomic E-state index is -3.94. The van der Waals surface area contributed by atoms with E-state index in [2.05, 4.69) is 0 Å². The van der Waals surface area contributed by atoms with Crippen molar-refractivity contribution < 1.29 is 17.2 Å². The van der Waals surface area contributed by atoms with Gasteiger partial charge in [-0.25, -0.2) is 17.6 Å². The molecule has 5 nitrogen and oxygen atoms in total. The first-order valence-corrected chi connectivity index (χ1v) is 9.66. The standard InChI is InChI=1S/C19H16FNO4S/c1-12-4-7-16(20)19-15(12)3-2-10-21(19)26(23,24)14-6-8-17-13(11-14)5-9-18(22)25-17/h4-9,11H,2-3,10H2,1H3. The van der Waals surface area contributed by atoms with Crippen LogP contribution in [0.5, 0.6) is 0 Å². The molecule has 0 unspecified atom stereocenters. The number of benzene rings is 2. The van der Waals surface area contributed by atoms with Crippen LogP contribution in [0.25, 0.3) is 11.0 Å². The summed E-state index contributed by atoms with van der Waals surface area (Å²) in [6.07, 6.45) is 1.27. The van der Waals surface area contributed by atoms with Crippen molar-refractivity contribution in [2.45, 2.75) is 24.7 Å². The lowest BCUT2D eigenvalue weighted by Crippen LogP contribution is -2.36. The van der Waals surface area contributed by atoms with Crippen molar-refractivity contribution in [3.63, 3.8) is 0 Å². The molecule has 0 aliphatic carbocycles. The van der Waals surface area contributed by atoms with E-state index in [1.165, 1.54) is 36.4 Å². The molecule has 0 N–H and O–H groups in total. The number of nitrogens with zero attached hydrogens (tertiary/aromatic N) is 1. The molecule has 26 heavy (non-hydrogen) atoms. The Morgan fingerprint density at radius 2 is 1.92 bits per heavy atom. The summed E-state index contributed by atoms with van der Waals surface area (Å²) in [5.41, 5.74) is 1.54. The van der Waals surface area contributed by atoms with Gasteiger partial charge in [0.1, 0.15) is 11.4 Å². The molecular weight excluding hydrogens is 357 g/mol. The molecule has 1 aliphatic heterocycles. The zero-order chi connectivity index (χ0) is 18.5. The van der Waals surface area contributed by atoms with Gasteiger partial charge in [-0.3, -0.25) is 4.31 Å². The molecule has 0 amide bonds. The van der Waals surface area contributed by atoms with E-state index in [1.54, 1.807) is 6.07 Å². The van der Waals surface area contributed by atoms with E-state index in [0.717, 1.165) is 15.4 Å². The topological polar surface area (TPSA) is 67.6 Å². The van der Waals surface area contributed by atoms with Gasteiger partial charge in [-0.15, -0.1) is 0 Å². The maximum Gasteiger partial charge on any atom is 0.336 e. The second kappa shape index (κ2) is 5.95.